The zero-order valence-corrected chi connectivity index (χ0v) is 15.5. The van der Waals surface area contributed by atoms with Gasteiger partial charge in [0.2, 0.25) is 0 Å². The Labute approximate surface area is 120 Å². The molecular formula is C13H30ClNOSi2. The fraction of sp³-hybridized carbons (Fsp3) is 1.00. The van der Waals surface area contributed by atoms with Crippen LogP contribution >= 0.6 is 11.1 Å². The number of piperidine rings is 1. The summed E-state index contributed by atoms with van der Waals surface area (Å²) in [4.78, 5) is 0. The molecule has 1 saturated heterocycles. The molecule has 2 unspecified atom stereocenters. The van der Waals surface area contributed by atoms with Gasteiger partial charge >= 0.3 is 0 Å². The molecule has 0 aromatic heterocycles. The maximum absolute atomic E-state index is 6.53. The molecule has 1 aliphatic heterocycles. The highest BCUT2D eigenvalue weighted by atomic mass is 35.6. The third-order valence-corrected chi connectivity index (χ3v) is 9.13. The number of hydrogen-bond acceptors (Lipinski definition) is 2. The van der Waals surface area contributed by atoms with Gasteiger partial charge in [-0.15, -0.1) is 11.1 Å². The van der Waals surface area contributed by atoms with Crippen LogP contribution in [0.3, 0.4) is 0 Å². The number of hydrogen-bond donors (Lipinski definition) is 0. The van der Waals surface area contributed by atoms with E-state index in [0.29, 0.717) is 6.04 Å². The van der Waals surface area contributed by atoms with Gasteiger partial charge in [-0.05, 0) is 32.0 Å². The smallest absolute Gasteiger partial charge is 0.287 e. The van der Waals surface area contributed by atoms with Crippen molar-refractivity contribution in [3.8, 4) is 0 Å². The minimum atomic E-state index is -1.91. The Kier molecular flexibility index (Phi) is 6.39. The maximum atomic E-state index is 6.53. The van der Waals surface area contributed by atoms with Crippen molar-refractivity contribution < 1.29 is 4.43 Å². The first-order valence-electron chi connectivity index (χ1n) is 7.36. The average Bonchev–Trinajstić information content (AvgIpc) is 2.26. The SMILES string of the molecule is CCC[Si](C)(Cl)OCC1CCCCN1[Si](C)(C)C. The molecule has 0 saturated carbocycles. The van der Waals surface area contributed by atoms with Crippen molar-refractivity contribution in [1.29, 1.82) is 0 Å². The lowest BCUT2D eigenvalue weighted by Gasteiger charge is -2.44. The van der Waals surface area contributed by atoms with Crippen molar-refractivity contribution in [2.24, 2.45) is 0 Å². The predicted octanol–water partition coefficient (Wildman–Crippen LogP) is 4.41. The van der Waals surface area contributed by atoms with Gasteiger partial charge in [-0.3, -0.25) is 0 Å². The molecule has 1 rings (SSSR count). The molecule has 2 atom stereocenters. The lowest BCUT2D eigenvalue weighted by molar-refractivity contribution is 0.160. The molecule has 0 bridgehead atoms. The summed E-state index contributed by atoms with van der Waals surface area (Å²) in [5.74, 6) is 0. The lowest BCUT2D eigenvalue weighted by atomic mass is 10.1. The van der Waals surface area contributed by atoms with Gasteiger partial charge in [-0.2, -0.15) is 0 Å². The Morgan fingerprint density at radius 3 is 2.44 bits per heavy atom. The Balaban J connectivity index is 2.53. The third kappa shape index (κ3) is 5.33. The Hall–Kier alpha value is 0.644. The van der Waals surface area contributed by atoms with Crippen molar-refractivity contribution in [2.75, 3.05) is 13.2 Å². The summed E-state index contributed by atoms with van der Waals surface area (Å²) in [6, 6.07) is 1.68. The summed E-state index contributed by atoms with van der Waals surface area (Å²) in [6.07, 6.45) is 5.13. The van der Waals surface area contributed by atoms with Crippen LogP contribution in [0.1, 0.15) is 32.6 Å². The average molecular weight is 308 g/mol. The van der Waals surface area contributed by atoms with Crippen LogP contribution in [-0.4, -0.2) is 39.6 Å². The third-order valence-electron chi connectivity index (χ3n) is 3.76. The number of nitrogens with zero attached hydrogens (tertiary/aromatic N) is 1. The van der Waals surface area contributed by atoms with Gasteiger partial charge in [0, 0.05) is 6.04 Å². The molecule has 0 N–H and O–H groups in total. The molecule has 0 aromatic rings. The molecule has 5 heteroatoms. The van der Waals surface area contributed by atoms with Crippen molar-refractivity contribution in [3.63, 3.8) is 0 Å². The van der Waals surface area contributed by atoms with E-state index < -0.39 is 15.9 Å². The van der Waals surface area contributed by atoms with Crippen LogP contribution < -0.4 is 0 Å². The standard InChI is InChI=1S/C13H30ClNOSi2/c1-6-11-18(5,14)16-12-13-9-7-8-10-15(13)17(2,3)4/h13H,6-12H2,1-5H3. The van der Waals surface area contributed by atoms with Gasteiger partial charge in [0.1, 0.15) is 8.24 Å². The molecule has 0 amide bonds. The summed E-state index contributed by atoms with van der Waals surface area (Å²) in [7, 11) is -3.12. The summed E-state index contributed by atoms with van der Waals surface area (Å²) in [5.41, 5.74) is 0. The topological polar surface area (TPSA) is 12.5 Å². The van der Waals surface area contributed by atoms with Crippen molar-refractivity contribution in [1.82, 2.24) is 4.57 Å². The number of rotatable bonds is 6. The molecule has 1 aliphatic rings. The van der Waals surface area contributed by atoms with E-state index in [4.69, 9.17) is 15.5 Å². The molecule has 1 fully saturated rings. The highest BCUT2D eigenvalue weighted by molar-refractivity contribution is 7.16. The van der Waals surface area contributed by atoms with E-state index in [9.17, 15) is 0 Å². The molecular weight excluding hydrogens is 278 g/mol. The monoisotopic (exact) mass is 307 g/mol. The van der Waals surface area contributed by atoms with Crippen LogP contribution in [0.15, 0.2) is 0 Å². The van der Waals surface area contributed by atoms with Crippen LogP contribution in [0.25, 0.3) is 0 Å². The Bertz CT molecular complexity index is 256. The molecule has 0 aliphatic carbocycles. The lowest BCUT2D eigenvalue weighted by Crippen LogP contribution is -2.56. The van der Waals surface area contributed by atoms with Gasteiger partial charge in [0.15, 0.2) is 0 Å². The second-order valence-electron chi connectivity index (χ2n) is 6.68. The van der Waals surface area contributed by atoms with Crippen LogP contribution in [0, 0.1) is 0 Å². The molecule has 0 radical (unpaired) electrons. The van der Waals surface area contributed by atoms with E-state index in [0.717, 1.165) is 19.1 Å². The first kappa shape index (κ1) is 16.7. The molecule has 0 spiro atoms. The summed E-state index contributed by atoms with van der Waals surface area (Å²) >= 11 is 6.53. The normalized spacial score (nSPS) is 26.0. The molecule has 0 aromatic carbocycles. The van der Waals surface area contributed by atoms with Crippen LogP contribution in [0.4, 0.5) is 0 Å². The largest absolute Gasteiger partial charge is 0.402 e. The predicted molar refractivity (Wildman–Crippen MR) is 86.2 cm³/mol. The van der Waals surface area contributed by atoms with Gasteiger partial charge < -0.3 is 8.99 Å². The maximum Gasteiger partial charge on any atom is 0.287 e. The minimum absolute atomic E-state index is 0.618. The van der Waals surface area contributed by atoms with Crippen molar-refractivity contribution in [3.05, 3.63) is 0 Å². The zero-order valence-electron chi connectivity index (χ0n) is 12.8. The Morgan fingerprint density at radius 1 is 1.22 bits per heavy atom. The van der Waals surface area contributed by atoms with Crippen molar-refractivity contribution >= 4 is 26.9 Å². The van der Waals surface area contributed by atoms with E-state index in [1.165, 1.54) is 25.8 Å². The van der Waals surface area contributed by atoms with Gasteiger partial charge in [0.05, 0.1) is 6.61 Å². The van der Waals surface area contributed by atoms with Gasteiger partial charge in [-0.25, -0.2) is 0 Å². The fourth-order valence-corrected chi connectivity index (χ4v) is 7.31. The molecule has 18 heavy (non-hydrogen) atoms. The van der Waals surface area contributed by atoms with Gasteiger partial charge in [-0.1, -0.05) is 39.4 Å². The van der Waals surface area contributed by atoms with Crippen LogP contribution in [0.2, 0.25) is 32.2 Å². The first-order valence-corrected chi connectivity index (χ1v) is 14.4. The summed E-state index contributed by atoms with van der Waals surface area (Å²) in [5, 5.41) is 0. The van der Waals surface area contributed by atoms with E-state index in [1.807, 2.05) is 0 Å². The summed E-state index contributed by atoms with van der Waals surface area (Å²) in [6.45, 7) is 13.8. The Morgan fingerprint density at radius 2 is 1.89 bits per heavy atom. The van der Waals surface area contributed by atoms with E-state index in [2.05, 4.69) is 37.7 Å². The second kappa shape index (κ2) is 6.88. The highest BCUT2D eigenvalue weighted by Gasteiger charge is 2.34. The minimum Gasteiger partial charge on any atom is -0.402 e. The molecule has 1 heterocycles. The molecule has 108 valence electrons. The summed E-state index contributed by atoms with van der Waals surface area (Å²) < 4.78 is 8.86. The van der Waals surface area contributed by atoms with Crippen LogP contribution in [0.5, 0.6) is 0 Å². The first-order chi connectivity index (χ1) is 8.26. The highest BCUT2D eigenvalue weighted by Crippen LogP contribution is 2.26. The van der Waals surface area contributed by atoms with E-state index in [-0.39, 0.29) is 0 Å². The fourth-order valence-electron chi connectivity index (χ4n) is 2.85. The van der Waals surface area contributed by atoms with Crippen molar-refractivity contribution in [2.45, 2.75) is 70.9 Å². The zero-order chi connectivity index (χ0) is 13.8. The van der Waals surface area contributed by atoms with Crippen LogP contribution in [-0.2, 0) is 4.43 Å². The quantitative estimate of drug-likeness (QED) is 0.532. The second-order valence-corrected chi connectivity index (χ2v) is 17.0. The number of halogens is 1. The van der Waals surface area contributed by atoms with E-state index in [1.54, 1.807) is 0 Å². The van der Waals surface area contributed by atoms with E-state index >= 15 is 0 Å². The molecule has 2 nitrogen and oxygen atoms in total. The van der Waals surface area contributed by atoms with Gasteiger partial charge in [0.25, 0.3) is 7.63 Å².